The van der Waals surface area contributed by atoms with E-state index in [0.717, 1.165) is 11.3 Å². The third-order valence-corrected chi connectivity index (χ3v) is 3.89. The fourth-order valence-electron chi connectivity index (χ4n) is 2.22. The molecule has 0 aromatic carbocycles. The Morgan fingerprint density at radius 3 is 2.45 bits per heavy atom. The maximum absolute atomic E-state index is 12.5. The van der Waals surface area contributed by atoms with Crippen LogP contribution in [0.15, 0.2) is 30.7 Å². The van der Waals surface area contributed by atoms with Crippen molar-refractivity contribution < 1.29 is 4.79 Å². The Kier molecular flexibility index (Phi) is 3.70. The van der Waals surface area contributed by atoms with E-state index in [1.165, 1.54) is 0 Å². The van der Waals surface area contributed by atoms with Crippen LogP contribution in [0.4, 0.5) is 0 Å². The highest BCUT2D eigenvalue weighted by atomic mass is 16.2. The first-order chi connectivity index (χ1) is 9.34. The second-order valence-electron chi connectivity index (χ2n) is 5.65. The number of carbonyl (C=O) groups excluding carboxylic acids is 1. The number of carbonyl (C=O) groups is 1. The van der Waals surface area contributed by atoms with Gasteiger partial charge in [0.15, 0.2) is 0 Å². The molecule has 1 atom stereocenters. The van der Waals surface area contributed by atoms with Gasteiger partial charge in [-0.3, -0.25) is 9.48 Å². The zero-order valence-corrected chi connectivity index (χ0v) is 12.7. The van der Waals surface area contributed by atoms with Crippen LogP contribution in [0.2, 0.25) is 0 Å². The molecule has 0 saturated carbocycles. The lowest BCUT2D eigenvalue weighted by atomic mass is 10.0. The molecule has 2 aromatic heterocycles. The first kappa shape index (κ1) is 14.4. The molecule has 2 rings (SSSR count). The van der Waals surface area contributed by atoms with E-state index in [-0.39, 0.29) is 11.9 Å². The number of nitrogens with one attached hydrogen (secondary N) is 1. The lowest BCUT2D eigenvalue weighted by Gasteiger charge is -2.27. The number of amides is 1. The number of aromatic nitrogens is 3. The molecular formula is C15H22N4O. The van der Waals surface area contributed by atoms with Crippen LogP contribution < -0.4 is 5.32 Å². The van der Waals surface area contributed by atoms with E-state index in [2.05, 4.69) is 10.4 Å². The van der Waals surface area contributed by atoms with Crippen LogP contribution in [0.25, 0.3) is 0 Å². The predicted molar refractivity (Wildman–Crippen MR) is 78.3 cm³/mol. The summed E-state index contributed by atoms with van der Waals surface area (Å²) in [7, 11) is 1.90. The summed E-state index contributed by atoms with van der Waals surface area (Å²) < 4.78 is 3.72. The molecule has 0 aliphatic rings. The van der Waals surface area contributed by atoms with Gasteiger partial charge in [0.05, 0.1) is 12.2 Å². The fourth-order valence-corrected chi connectivity index (χ4v) is 2.22. The number of nitrogens with zero attached hydrogens (tertiary/aromatic N) is 3. The summed E-state index contributed by atoms with van der Waals surface area (Å²) in [6.07, 6.45) is 5.61. The molecule has 1 unspecified atom stereocenters. The molecule has 108 valence electrons. The van der Waals surface area contributed by atoms with Crippen molar-refractivity contribution in [1.29, 1.82) is 0 Å². The van der Waals surface area contributed by atoms with Gasteiger partial charge in [-0.15, -0.1) is 0 Å². The van der Waals surface area contributed by atoms with Crippen molar-refractivity contribution in [1.82, 2.24) is 19.7 Å². The van der Waals surface area contributed by atoms with Crippen molar-refractivity contribution in [2.45, 2.75) is 39.3 Å². The number of rotatable bonds is 4. The van der Waals surface area contributed by atoms with Gasteiger partial charge < -0.3 is 9.88 Å². The monoisotopic (exact) mass is 274 g/mol. The van der Waals surface area contributed by atoms with Crippen LogP contribution in [-0.4, -0.2) is 20.3 Å². The molecule has 2 heterocycles. The van der Waals surface area contributed by atoms with Gasteiger partial charge >= 0.3 is 0 Å². The van der Waals surface area contributed by atoms with Crippen molar-refractivity contribution in [2.24, 2.45) is 7.05 Å². The van der Waals surface area contributed by atoms with Gasteiger partial charge in [0.2, 0.25) is 5.91 Å². The SMILES string of the molecule is Cc1c(C(C)NC(=O)C(C)(C)n2cccc2)cnn1C. The lowest BCUT2D eigenvalue weighted by Crippen LogP contribution is -2.44. The molecular weight excluding hydrogens is 252 g/mol. The molecule has 0 spiro atoms. The van der Waals surface area contributed by atoms with Gasteiger partial charge in [-0.05, 0) is 39.8 Å². The number of aryl methyl sites for hydroxylation is 1. The summed E-state index contributed by atoms with van der Waals surface area (Å²) in [5, 5.41) is 7.28. The van der Waals surface area contributed by atoms with Crippen molar-refractivity contribution in [2.75, 3.05) is 0 Å². The van der Waals surface area contributed by atoms with Gasteiger partial charge in [0.25, 0.3) is 0 Å². The molecule has 1 amide bonds. The Morgan fingerprint density at radius 2 is 1.95 bits per heavy atom. The van der Waals surface area contributed by atoms with Gasteiger partial charge in [0.1, 0.15) is 5.54 Å². The van der Waals surface area contributed by atoms with Crippen molar-refractivity contribution in [3.8, 4) is 0 Å². The molecule has 0 bridgehead atoms. The smallest absolute Gasteiger partial charge is 0.246 e. The van der Waals surface area contributed by atoms with E-state index in [1.807, 2.05) is 74.7 Å². The number of hydrogen-bond donors (Lipinski definition) is 1. The van der Waals surface area contributed by atoms with Gasteiger partial charge in [0, 0.05) is 30.7 Å². The van der Waals surface area contributed by atoms with Crippen LogP contribution in [0, 0.1) is 6.92 Å². The van der Waals surface area contributed by atoms with Crippen LogP contribution >= 0.6 is 0 Å². The molecule has 0 aliphatic carbocycles. The third kappa shape index (κ3) is 2.48. The average molecular weight is 274 g/mol. The lowest BCUT2D eigenvalue weighted by molar-refractivity contribution is -0.129. The maximum atomic E-state index is 12.5. The normalized spacial score (nSPS) is 13.2. The Balaban J connectivity index is 2.14. The summed E-state index contributed by atoms with van der Waals surface area (Å²) in [5.41, 5.74) is 1.49. The van der Waals surface area contributed by atoms with Crippen molar-refractivity contribution >= 4 is 5.91 Å². The van der Waals surface area contributed by atoms with Gasteiger partial charge in [-0.1, -0.05) is 0 Å². The minimum atomic E-state index is -0.617. The molecule has 0 aliphatic heterocycles. The molecule has 5 nitrogen and oxygen atoms in total. The summed E-state index contributed by atoms with van der Waals surface area (Å²) in [4.78, 5) is 12.5. The quantitative estimate of drug-likeness (QED) is 0.928. The van der Waals surface area contributed by atoms with Crippen molar-refractivity contribution in [3.05, 3.63) is 42.0 Å². The number of hydrogen-bond acceptors (Lipinski definition) is 2. The Labute approximate surface area is 119 Å². The zero-order chi connectivity index (χ0) is 14.9. The second-order valence-corrected chi connectivity index (χ2v) is 5.65. The highest BCUT2D eigenvalue weighted by Gasteiger charge is 2.30. The predicted octanol–water partition coefficient (Wildman–Crippen LogP) is 2.14. The van der Waals surface area contributed by atoms with Crippen LogP contribution in [-0.2, 0) is 17.4 Å². The highest BCUT2D eigenvalue weighted by molar-refractivity contribution is 5.84. The Hall–Kier alpha value is -2.04. The minimum absolute atomic E-state index is 0.00977. The summed E-state index contributed by atoms with van der Waals surface area (Å²) in [6.45, 7) is 7.80. The Bertz CT molecular complexity index is 595. The van der Waals surface area contributed by atoms with E-state index in [4.69, 9.17) is 0 Å². The van der Waals surface area contributed by atoms with E-state index < -0.39 is 5.54 Å². The van der Waals surface area contributed by atoms with Crippen LogP contribution in [0.5, 0.6) is 0 Å². The second kappa shape index (κ2) is 5.15. The highest BCUT2D eigenvalue weighted by Crippen LogP contribution is 2.20. The van der Waals surface area contributed by atoms with E-state index in [0.29, 0.717) is 0 Å². The van der Waals surface area contributed by atoms with E-state index in [9.17, 15) is 4.79 Å². The van der Waals surface area contributed by atoms with Crippen molar-refractivity contribution in [3.63, 3.8) is 0 Å². The first-order valence-corrected chi connectivity index (χ1v) is 6.77. The first-order valence-electron chi connectivity index (χ1n) is 6.77. The molecule has 5 heteroatoms. The third-order valence-electron chi connectivity index (χ3n) is 3.89. The van der Waals surface area contributed by atoms with Crippen LogP contribution in [0.3, 0.4) is 0 Å². The van der Waals surface area contributed by atoms with Gasteiger partial charge in [-0.2, -0.15) is 5.10 Å². The molecule has 1 N–H and O–H groups in total. The van der Waals surface area contributed by atoms with E-state index >= 15 is 0 Å². The summed E-state index contributed by atoms with van der Waals surface area (Å²) in [6, 6.07) is 3.78. The maximum Gasteiger partial charge on any atom is 0.246 e. The topological polar surface area (TPSA) is 51.9 Å². The molecule has 0 fully saturated rings. The fraction of sp³-hybridized carbons (Fsp3) is 0.467. The van der Waals surface area contributed by atoms with E-state index in [1.54, 1.807) is 0 Å². The molecule has 0 saturated heterocycles. The average Bonchev–Trinajstić information content (AvgIpc) is 3.01. The summed E-state index contributed by atoms with van der Waals surface area (Å²) in [5.74, 6) is -0.00977. The van der Waals surface area contributed by atoms with Gasteiger partial charge in [-0.25, -0.2) is 0 Å². The molecule has 0 radical (unpaired) electrons. The standard InChI is InChI=1S/C15H22N4O/c1-11(13-10-16-18(5)12(13)2)17-14(20)15(3,4)19-8-6-7-9-19/h6-11H,1-5H3,(H,17,20). The zero-order valence-electron chi connectivity index (χ0n) is 12.7. The van der Waals surface area contributed by atoms with Crippen LogP contribution in [0.1, 0.15) is 38.1 Å². The minimum Gasteiger partial charge on any atom is -0.347 e. The largest absolute Gasteiger partial charge is 0.347 e. The summed E-state index contributed by atoms with van der Waals surface area (Å²) >= 11 is 0. The molecule has 2 aromatic rings. The Morgan fingerprint density at radius 1 is 1.35 bits per heavy atom. The molecule has 20 heavy (non-hydrogen) atoms.